The number of sulfonamides is 1. The van der Waals surface area contributed by atoms with Gasteiger partial charge in [-0.25, -0.2) is 8.42 Å². The number of nitrogens with zero attached hydrogens (tertiary/aromatic N) is 2. The van der Waals surface area contributed by atoms with Gasteiger partial charge in [-0.1, -0.05) is 6.92 Å². The molecule has 0 bridgehead atoms. The molecule has 0 aliphatic carbocycles. The highest BCUT2D eigenvalue weighted by Crippen LogP contribution is 2.30. The summed E-state index contributed by atoms with van der Waals surface area (Å²) in [6.45, 7) is 5.49. The van der Waals surface area contributed by atoms with E-state index in [1.807, 2.05) is 6.92 Å². The molecular weight excluding hydrogens is 296 g/mol. The van der Waals surface area contributed by atoms with Gasteiger partial charge in [0, 0.05) is 18.7 Å². The Morgan fingerprint density at radius 3 is 2.43 bits per heavy atom. The van der Waals surface area contributed by atoms with Gasteiger partial charge in [0.25, 0.3) is 5.69 Å². The van der Waals surface area contributed by atoms with Crippen molar-refractivity contribution >= 4 is 21.4 Å². The van der Waals surface area contributed by atoms with Gasteiger partial charge < -0.3 is 5.43 Å². The number of nitro benzene ring substituents is 1. The standard InChI is InChI=1S/C12H20N4O4S/c1-5-12(2,3)15(4)21(19,20)9-6-7-11(16(17)18)10(8-9)14-13/h6-8,14H,5,13H2,1-4H3. The topological polar surface area (TPSA) is 119 Å². The molecule has 0 unspecified atom stereocenters. The Morgan fingerprint density at radius 2 is 2.00 bits per heavy atom. The molecule has 0 saturated heterocycles. The summed E-state index contributed by atoms with van der Waals surface area (Å²) in [6, 6.07) is 3.49. The molecule has 3 N–H and O–H groups in total. The molecular formula is C12H20N4O4S. The predicted octanol–water partition coefficient (Wildman–Crippen LogP) is 1.69. The molecule has 1 aromatic rings. The lowest BCUT2D eigenvalue weighted by Gasteiger charge is -2.33. The molecule has 0 aliphatic heterocycles. The average Bonchev–Trinajstić information content (AvgIpc) is 2.45. The minimum atomic E-state index is -3.77. The number of benzene rings is 1. The highest BCUT2D eigenvalue weighted by molar-refractivity contribution is 7.89. The van der Waals surface area contributed by atoms with Crippen LogP contribution < -0.4 is 11.3 Å². The number of hydrogen-bond acceptors (Lipinski definition) is 6. The van der Waals surface area contributed by atoms with Crippen molar-refractivity contribution < 1.29 is 13.3 Å². The summed E-state index contributed by atoms with van der Waals surface area (Å²) < 4.78 is 26.4. The first kappa shape index (κ1) is 17.3. The number of hydrogen-bond donors (Lipinski definition) is 2. The minimum Gasteiger partial charge on any atom is -0.318 e. The summed E-state index contributed by atoms with van der Waals surface area (Å²) in [7, 11) is -2.29. The van der Waals surface area contributed by atoms with E-state index >= 15 is 0 Å². The van der Waals surface area contributed by atoms with Crippen LogP contribution in [0.15, 0.2) is 23.1 Å². The Kier molecular flexibility index (Phi) is 4.92. The number of nitrogen functional groups attached to an aromatic ring is 1. The smallest absolute Gasteiger partial charge is 0.293 e. The van der Waals surface area contributed by atoms with Crippen molar-refractivity contribution in [3.8, 4) is 0 Å². The molecule has 21 heavy (non-hydrogen) atoms. The maximum Gasteiger partial charge on any atom is 0.293 e. The summed E-state index contributed by atoms with van der Waals surface area (Å²) >= 11 is 0. The summed E-state index contributed by atoms with van der Waals surface area (Å²) in [5.41, 5.74) is 1.25. The zero-order valence-corrected chi connectivity index (χ0v) is 13.3. The number of rotatable bonds is 6. The Morgan fingerprint density at radius 1 is 1.43 bits per heavy atom. The van der Waals surface area contributed by atoms with Crippen LogP contribution in [0.25, 0.3) is 0 Å². The lowest BCUT2D eigenvalue weighted by Crippen LogP contribution is -2.44. The van der Waals surface area contributed by atoms with Crippen LogP contribution in [0.4, 0.5) is 11.4 Å². The normalized spacial score (nSPS) is 12.5. The third kappa shape index (κ3) is 3.31. The van der Waals surface area contributed by atoms with Crippen LogP contribution >= 0.6 is 0 Å². The second-order valence-corrected chi connectivity index (χ2v) is 7.19. The molecule has 0 saturated carbocycles. The Bertz CT molecular complexity index is 643. The van der Waals surface area contributed by atoms with E-state index in [1.54, 1.807) is 13.8 Å². The number of hydrazine groups is 1. The van der Waals surface area contributed by atoms with Crippen LogP contribution in [0.1, 0.15) is 27.2 Å². The maximum absolute atomic E-state index is 12.6. The molecule has 0 fully saturated rings. The summed E-state index contributed by atoms with van der Waals surface area (Å²) in [4.78, 5) is 10.1. The van der Waals surface area contributed by atoms with E-state index < -0.39 is 20.5 Å². The predicted molar refractivity (Wildman–Crippen MR) is 80.2 cm³/mol. The van der Waals surface area contributed by atoms with Crippen LogP contribution in [-0.2, 0) is 10.0 Å². The maximum atomic E-state index is 12.6. The monoisotopic (exact) mass is 316 g/mol. The molecule has 0 amide bonds. The van der Waals surface area contributed by atoms with Crippen molar-refractivity contribution in [2.24, 2.45) is 5.84 Å². The van der Waals surface area contributed by atoms with Gasteiger partial charge in [0.05, 0.1) is 9.82 Å². The van der Waals surface area contributed by atoms with Crippen molar-refractivity contribution in [1.82, 2.24) is 4.31 Å². The van der Waals surface area contributed by atoms with E-state index in [-0.39, 0.29) is 16.3 Å². The molecule has 0 radical (unpaired) electrons. The molecule has 0 heterocycles. The summed E-state index contributed by atoms with van der Waals surface area (Å²) in [5, 5.41) is 10.8. The second-order valence-electron chi connectivity index (χ2n) is 5.22. The van der Waals surface area contributed by atoms with Crippen molar-refractivity contribution in [2.45, 2.75) is 37.6 Å². The first-order valence-electron chi connectivity index (χ1n) is 6.32. The molecule has 9 heteroatoms. The second kappa shape index (κ2) is 5.96. The Hall–Kier alpha value is -1.71. The van der Waals surface area contributed by atoms with Crippen LogP contribution in [-0.4, -0.2) is 30.2 Å². The Labute approximate surface area is 124 Å². The highest BCUT2D eigenvalue weighted by atomic mass is 32.2. The molecule has 8 nitrogen and oxygen atoms in total. The summed E-state index contributed by atoms with van der Waals surface area (Å²) in [5.74, 6) is 5.23. The van der Waals surface area contributed by atoms with Crippen LogP contribution in [0.2, 0.25) is 0 Å². The van der Waals surface area contributed by atoms with Crippen LogP contribution in [0.3, 0.4) is 0 Å². The molecule has 0 aliphatic rings. The highest BCUT2D eigenvalue weighted by Gasteiger charge is 2.33. The molecule has 1 rings (SSSR count). The molecule has 0 spiro atoms. The SMILES string of the molecule is CCC(C)(C)N(C)S(=O)(=O)c1ccc([N+](=O)[O-])c(NN)c1. The van der Waals surface area contributed by atoms with Gasteiger partial charge in [0.2, 0.25) is 10.0 Å². The third-order valence-corrected chi connectivity index (χ3v) is 5.76. The first-order valence-corrected chi connectivity index (χ1v) is 7.76. The number of nitrogens with one attached hydrogen (secondary N) is 1. The molecule has 118 valence electrons. The fourth-order valence-electron chi connectivity index (χ4n) is 1.66. The van der Waals surface area contributed by atoms with E-state index in [9.17, 15) is 18.5 Å². The van der Waals surface area contributed by atoms with Gasteiger partial charge >= 0.3 is 0 Å². The van der Waals surface area contributed by atoms with Gasteiger partial charge in [0.1, 0.15) is 5.69 Å². The van der Waals surface area contributed by atoms with E-state index in [0.29, 0.717) is 6.42 Å². The van der Waals surface area contributed by atoms with Gasteiger partial charge in [-0.3, -0.25) is 16.0 Å². The van der Waals surface area contributed by atoms with Gasteiger partial charge in [-0.05, 0) is 32.4 Å². The van der Waals surface area contributed by atoms with Crippen LogP contribution in [0.5, 0.6) is 0 Å². The Balaban J connectivity index is 3.37. The molecule has 0 atom stereocenters. The lowest BCUT2D eigenvalue weighted by molar-refractivity contribution is -0.384. The summed E-state index contributed by atoms with van der Waals surface area (Å²) in [6.07, 6.45) is 0.623. The van der Waals surface area contributed by atoms with E-state index in [4.69, 9.17) is 5.84 Å². The van der Waals surface area contributed by atoms with Crippen molar-refractivity contribution in [3.63, 3.8) is 0 Å². The average molecular weight is 316 g/mol. The number of anilines is 1. The largest absolute Gasteiger partial charge is 0.318 e. The first-order chi connectivity index (χ1) is 9.57. The van der Waals surface area contributed by atoms with E-state index in [1.165, 1.54) is 17.4 Å². The lowest BCUT2D eigenvalue weighted by atomic mass is 10.0. The van der Waals surface area contributed by atoms with Crippen molar-refractivity contribution in [2.75, 3.05) is 12.5 Å². The zero-order valence-electron chi connectivity index (χ0n) is 12.5. The van der Waals surface area contributed by atoms with Crippen LogP contribution in [0, 0.1) is 10.1 Å². The zero-order chi connectivity index (χ0) is 16.4. The quantitative estimate of drug-likeness (QED) is 0.468. The molecule has 1 aromatic carbocycles. The minimum absolute atomic E-state index is 0.0509. The number of nitrogens with two attached hydrogens (primary N) is 1. The van der Waals surface area contributed by atoms with E-state index in [2.05, 4.69) is 5.43 Å². The van der Waals surface area contributed by atoms with Gasteiger partial charge in [-0.2, -0.15) is 4.31 Å². The van der Waals surface area contributed by atoms with E-state index in [0.717, 1.165) is 12.1 Å². The van der Waals surface area contributed by atoms with Gasteiger partial charge in [-0.15, -0.1) is 0 Å². The third-order valence-electron chi connectivity index (χ3n) is 3.70. The fourth-order valence-corrected chi connectivity index (χ4v) is 3.26. The van der Waals surface area contributed by atoms with Crippen molar-refractivity contribution in [1.29, 1.82) is 0 Å². The van der Waals surface area contributed by atoms with Gasteiger partial charge in [0.15, 0.2) is 0 Å². The number of nitro groups is 1. The van der Waals surface area contributed by atoms with Crippen molar-refractivity contribution in [3.05, 3.63) is 28.3 Å². The fraction of sp³-hybridized carbons (Fsp3) is 0.500. The molecule has 0 aromatic heterocycles.